The molecule has 0 aromatic heterocycles. The van der Waals surface area contributed by atoms with Crippen molar-refractivity contribution >= 4 is 5.91 Å². The number of nitrogens with zero attached hydrogens (tertiary/aromatic N) is 1. The van der Waals surface area contributed by atoms with Crippen LogP contribution in [0.15, 0.2) is 54.6 Å². The van der Waals surface area contributed by atoms with Gasteiger partial charge < -0.3 is 9.64 Å². The van der Waals surface area contributed by atoms with Gasteiger partial charge in [-0.05, 0) is 24.1 Å². The zero-order valence-corrected chi connectivity index (χ0v) is 14.4. The van der Waals surface area contributed by atoms with Gasteiger partial charge in [0.05, 0.1) is 24.6 Å². The van der Waals surface area contributed by atoms with Crippen molar-refractivity contribution < 1.29 is 22.7 Å². The molecule has 1 fully saturated rings. The minimum absolute atomic E-state index is 0.0574. The lowest BCUT2D eigenvalue weighted by Crippen LogP contribution is -2.46. The molecule has 0 saturated carbocycles. The molecule has 0 N–H and O–H groups in total. The van der Waals surface area contributed by atoms with Gasteiger partial charge in [0.2, 0.25) is 5.91 Å². The lowest BCUT2D eigenvalue weighted by molar-refractivity contribution is -0.144. The highest BCUT2D eigenvalue weighted by Gasteiger charge is 2.32. The first-order valence-electron chi connectivity index (χ1n) is 8.47. The van der Waals surface area contributed by atoms with Crippen molar-refractivity contribution in [2.24, 2.45) is 0 Å². The Morgan fingerprint density at radius 3 is 2.54 bits per heavy atom. The number of ether oxygens (including phenoxy) is 1. The fourth-order valence-electron chi connectivity index (χ4n) is 3.15. The van der Waals surface area contributed by atoms with Gasteiger partial charge in [-0.15, -0.1) is 0 Å². The molecule has 2 aromatic rings. The predicted octanol–water partition coefficient (Wildman–Crippen LogP) is 4.24. The molecule has 0 bridgehead atoms. The van der Waals surface area contributed by atoms with Crippen LogP contribution in [-0.4, -0.2) is 30.0 Å². The van der Waals surface area contributed by atoms with Crippen molar-refractivity contribution in [2.45, 2.75) is 31.7 Å². The Hall–Kier alpha value is -2.34. The van der Waals surface area contributed by atoms with E-state index in [1.807, 2.05) is 37.3 Å². The van der Waals surface area contributed by atoms with Crippen LogP contribution in [0.1, 0.15) is 29.7 Å². The van der Waals surface area contributed by atoms with Gasteiger partial charge >= 0.3 is 6.18 Å². The molecule has 1 amide bonds. The van der Waals surface area contributed by atoms with Crippen molar-refractivity contribution in [1.29, 1.82) is 0 Å². The topological polar surface area (TPSA) is 29.5 Å². The maximum atomic E-state index is 12.8. The van der Waals surface area contributed by atoms with Gasteiger partial charge in [-0.25, -0.2) is 0 Å². The first-order valence-corrected chi connectivity index (χ1v) is 8.47. The molecule has 138 valence electrons. The van der Waals surface area contributed by atoms with Crippen molar-refractivity contribution in [3.8, 4) is 0 Å². The predicted molar refractivity (Wildman–Crippen MR) is 91.5 cm³/mol. The summed E-state index contributed by atoms with van der Waals surface area (Å²) in [4.78, 5) is 14.3. The minimum atomic E-state index is -4.41. The van der Waals surface area contributed by atoms with Crippen LogP contribution in [0.5, 0.6) is 0 Å². The van der Waals surface area contributed by atoms with Crippen molar-refractivity contribution in [3.05, 3.63) is 71.3 Å². The number of halogens is 3. The summed E-state index contributed by atoms with van der Waals surface area (Å²) in [5, 5.41) is 0. The van der Waals surface area contributed by atoms with Crippen LogP contribution in [0.3, 0.4) is 0 Å². The second-order valence-corrected chi connectivity index (χ2v) is 6.52. The second kappa shape index (κ2) is 7.50. The zero-order chi connectivity index (χ0) is 18.7. The molecular weight excluding hydrogens is 343 g/mol. The van der Waals surface area contributed by atoms with Crippen LogP contribution in [0.4, 0.5) is 13.2 Å². The summed E-state index contributed by atoms with van der Waals surface area (Å²) < 4.78 is 44.4. The van der Waals surface area contributed by atoms with Gasteiger partial charge in [0, 0.05) is 6.54 Å². The normalized spacial score (nSPS) is 20.8. The van der Waals surface area contributed by atoms with E-state index in [0.29, 0.717) is 18.7 Å². The van der Waals surface area contributed by atoms with Crippen LogP contribution in [0, 0.1) is 0 Å². The summed E-state index contributed by atoms with van der Waals surface area (Å²) in [6, 6.07) is 14.5. The molecule has 2 atom stereocenters. The standard InChI is InChI=1S/C20H20F3NO2/c1-14-12-24(13-18(26-14)16-7-3-2-4-8-16)19(25)11-15-6-5-9-17(10-15)20(21,22)23/h2-10,14,18H,11-13H2,1H3. The molecule has 3 nitrogen and oxygen atoms in total. The largest absolute Gasteiger partial charge is 0.416 e. The lowest BCUT2D eigenvalue weighted by atomic mass is 10.0. The van der Waals surface area contributed by atoms with Crippen molar-refractivity contribution in [2.75, 3.05) is 13.1 Å². The Labute approximate surface area is 150 Å². The molecule has 0 radical (unpaired) electrons. The molecule has 1 heterocycles. The molecule has 0 aliphatic carbocycles. The van der Waals surface area contributed by atoms with Crippen LogP contribution in [-0.2, 0) is 22.1 Å². The number of carbonyl (C=O) groups is 1. The van der Waals surface area contributed by atoms with E-state index in [1.165, 1.54) is 6.07 Å². The third kappa shape index (κ3) is 4.43. The number of hydrogen-bond donors (Lipinski definition) is 0. The van der Waals surface area contributed by atoms with Crippen molar-refractivity contribution in [1.82, 2.24) is 4.90 Å². The number of morpholine rings is 1. The number of carbonyl (C=O) groups excluding carboxylic acids is 1. The molecule has 3 rings (SSSR count). The lowest BCUT2D eigenvalue weighted by Gasteiger charge is -2.37. The number of amides is 1. The maximum Gasteiger partial charge on any atom is 0.416 e. The minimum Gasteiger partial charge on any atom is -0.367 e. The van der Waals surface area contributed by atoms with Gasteiger partial charge in [-0.1, -0.05) is 48.5 Å². The van der Waals surface area contributed by atoms with E-state index in [0.717, 1.165) is 17.7 Å². The molecule has 6 heteroatoms. The highest BCUT2D eigenvalue weighted by molar-refractivity contribution is 5.79. The number of rotatable bonds is 3. The van der Waals surface area contributed by atoms with Gasteiger partial charge in [0.1, 0.15) is 6.10 Å². The summed E-state index contributed by atoms with van der Waals surface area (Å²) in [6.07, 6.45) is -4.84. The summed E-state index contributed by atoms with van der Waals surface area (Å²) in [5.41, 5.74) is 0.608. The summed E-state index contributed by atoms with van der Waals surface area (Å²) >= 11 is 0. The smallest absolute Gasteiger partial charge is 0.367 e. The first-order chi connectivity index (χ1) is 12.3. The van der Waals surface area contributed by atoms with E-state index in [9.17, 15) is 18.0 Å². The number of hydrogen-bond acceptors (Lipinski definition) is 2. The summed E-state index contributed by atoms with van der Waals surface area (Å²) in [6.45, 7) is 2.72. The molecule has 1 aliphatic rings. The van der Waals surface area contributed by atoms with E-state index in [1.54, 1.807) is 11.0 Å². The van der Waals surface area contributed by atoms with Crippen LogP contribution < -0.4 is 0 Å². The van der Waals surface area contributed by atoms with Gasteiger partial charge in [0.25, 0.3) is 0 Å². The SMILES string of the molecule is CC1CN(C(=O)Cc2cccc(C(F)(F)F)c2)CC(c2ccccc2)O1. The third-order valence-electron chi connectivity index (χ3n) is 4.39. The molecule has 2 unspecified atom stereocenters. The summed E-state index contributed by atoms with van der Waals surface area (Å²) in [7, 11) is 0. The summed E-state index contributed by atoms with van der Waals surface area (Å²) in [5.74, 6) is -0.194. The Morgan fingerprint density at radius 2 is 1.85 bits per heavy atom. The average molecular weight is 363 g/mol. The number of alkyl halides is 3. The van der Waals surface area contributed by atoms with Gasteiger partial charge in [0.15, 0.2) is 0 Å². The van der Waals surface area contributed by atoms with Crippen molar-refractivity contribution in [3.63, 3.8) is 0 Å². The Bertz CT molecular complexity index is 761. The molecule has 26 heavy (non-hydrogen) atoms. The fourth-order valence-corrected chi connectivity index (χ4v) is 3.15. The quantitative estimate of drug-likeness (QED) is 0.817. The third-order valence-corrected chi connectivity index (χ3v) is 4.39. The molecule has 2 aromatic carbocycles. The first kappa shape index (κ1) is 18.5. The second-order valence-electron chi connectivity index (χ2n) is 6.52. The van der Waals surface area contributed by atoms with Crippen LogP contribution in [0.25, 0.3) is 0 Å². The van der Waals surface area contributed by atoms with Gasteiger partial charge in [-0.2, -0.15) is 13.2 Å². The van der Waals surface area contributed by atoms with E-state index in [4.69, 9.17) is 4.74 Å². The van der Waals surface area contributed by atoms with Gasteiger partial charge in [-0.3, -0.25) is 4.79 Å². The maximum absolute atomic E-state index is 12.8. The molecule has 1 saturated heterocycles. The highest BCUT2D eigenvalue weighted by atomic mass is 19.4. The van der Waals surface area contributed by atoms with Crippen LogP contribution in [0.2, 0.25) is 0 Å². The van der Waals surface area contributed by atoms with Crippen LogP contribution >= 0.6 is 0 Å². The molecule has 0 spiro atoms. The highest BCUT2D eigenvalue weighted by Crippen LogP contribution is 2.30. The Balaban J connectivity index is 1.71. The average Bonchev–Trinajstić information content (AvgIpc) is 2.61. The Kier molecular flexibility index (Phi) is 5.32. The molecular formula is C20H20F3NO2. The van der Waals surface area contributed by atoms with E-state index >= 15 is 0 Å². The fraction of sp³-hybridized carbons (Fsp3) is 0.350. The molecule has 1 aliphatic heterocycles. The number of benzene rings is 2. The van der Waals surface area contributed by atoms with E-state index in [2.05, 4.69) is 0 Å². The zero-order valence-electron chi connectivity index (χ0n) is 14.4. The van der Waals surface area contributed by atoms with E-state index in [-0.39, 0.29) is 24.5 Å². The monoisotopic (exact) mass is 363 g/mol. The Morgan fingerprint density at radius 1 is 1.12 bits per heavy atom. The van der Waals surface area contributed by atoms with E-state index < -0.39 is 11.7 Å².